The van der Waals surface area contributed by atoms with E-state index in [2.05, 4.69) is 10.0 Å². The fourth-order valence-electron chi connectivity index (χ4n) is 2.68. The number of nitriles is 3. The first-order valence-electron chi connectivity index (χ1n) is 8.14. The SMILES string of the molecule is Cc1cc(C)c(NS(=O)(=O)c2ccc(NC(C#N)=C(C#N)C#N)cc2)c(C)c1. The Hall–Kier alpha value is -3.80. The molecule has 0 heterocycles. The van der Waals surface area contributed by atoms with E-state index < -0.39 is 10.0 Å². The van der Waals surface area contributed by atoms with Crippen LogP contribution in [0.2, 0.25) is 0 Å². The zero-order chi connectivity index (χ0) is 20.9. The maximum Gasteiger partial charge on any atom is 0.261 e. The highest BCUT2D eigenvalue weighted by Crippen LogP contribution is 2.25. The lowest BCUT2D eigenvalue weighted by Crippen LogP contribution is -2.15. The second-order valence-corrected chi connectivity index (χ2v) is 7.80. The Balaban J connectivity index is 2.31. The monoisotopic (exact) mass is 391 g/mol. The van der Waals surface area contributed by atoms with Crippen molar-refractivity contribution in [3.63, 3.8) is 0 Å². The molecule has 0 saturated heterocycles. The van der Waals surface area contributed by atoms with Crippen molar-refractivity contribution in [1.29, 1.82) is 15.8 Å². The van der Waals surface area contributed by atoms with Crippen LogP contribution in [0.4, 0.5) is 11.4 Å². The highest BCUT2D eigenvalue weighted by atomic mass is 32.2. The molecule has 0 fully saturated rings. The van der Waals surface area contributed by atoms with Crippen molar-refractivity contribution in [3.8, 4) is 18.2 Å². The summed E-state index contributed by atoms with van der Waals surface area (Å²) in [4.78, 5) is 0.0423. The molecule has 0 atom stereocenters. The Kier molecular flexibility index (Phi) is 6.05. The molecule has 0 bridgehead atoms. The molecule has 2 N–H and O–H groups in total. The number of anilines is 2. The van der Waals surface area contributed by atoms with Gasteiger partial charge in [-0.3, -0.25) is 4.72 Å². The molecule has 2 rings (SSSR count). The number of hydrogen-bond acceptors (Lipinski definition) is 6. The van der Waals surface area contributed by atoms with Crippen LogP contribution in [0.15, 0.2) is 52.6 Å². The number of rotatable bonds is 5. The van der Waals surface area contributed by atoms with Gasteiger partial charge in [0.1, 0.15) is 23.9 Å². The molecule has 0 aliphatic rings. The molecule has 140 valence electrons. The minimum Gasteiger partial charge on any atom is -0.345 e. The zero-order valence-corrected chi connectivity index (χ0v) is 16.3. The lowest BCUT2D eigenvalue weighted by Gasteiger charge is -2.14. The number of allylic oxidation sites excluding steroid dienone is 2. The van der Waals surface area contributed by atoms with Crippen molar-refractivity contribution in [3.05, 3.63) is 64.4 Å². The van der Waals surface area contributed by atoms with E-state index in [-0.39, 0.29) is 16.2 Å². The summed E-state index contributed by atoms with van der Waals surface area (Å²) in [7, 11) is -3.81. The van der Waals surface area contributed by atoms with Gasteiger partial charge in [-0.05, 0) is 56.2 Å². The first-order valence-corrected chi connectivity index (χ1v) is 9.62. The summed E-state index contributed by atoms with van der Waals surface area (Å²) in [6.45, 7) is 5.61. The van der Waals surface area contributed by atoms with Gasteiger partial charge >= 0.3 is 0 Å². The molecule has 0 aliphatic carbocycles. The third kappa shape index (κ3) is 4.48. The van der Waals surface area contributed by atoms with E-state index in [0.717, 1.165) is 16.7 Å². The van der Waals surface area contributed by atoms with Crippen LogP contribution < -0.4 is 10.0 Å². The second-order valence-electron chi connectivity index (χ2n) is 6.11. The molecule has 2 aromatic carbocycles. The molecule has 28 heavy (non-hydrogen) atoms. The van der Waals surface area contributed by atoms with Gasteiger partial charge < -0.3 is 5.32 Å². The smallest absolute Gasteiger partial charge is 0.261 e. The number of hydrogen-bond donors (Lipinski definition) is 2. The first kappa shape index (κ1) is 20.5. The normalized spacial score (nSPS) is 10.1. The molecular formula is C20H17N5O2S. The van der Waals surface area contributed by atoms with Crippen molar-refractivity contribution >= 4 is 21.4 Å². The summed E-state index contributed by atoms with van der Waals surface area (Å²) in [6, 6.07) is 14.4. The molecule has 0 amide bonds. The van der Waals surface area contributed by atoms with E-state index in [1.807, 2.05) is 32.9 Å². The third-order valence-corrected chi connectivity index (χ3v) is 5.30. The van der Waals surface area contributed by atoms with Gasteiger partial charge in [-0.15, -0.1) is 0 Å². The van der Waals surface area contributed by atoms with E-state index in [1.165, 1.54) is 24.3 Å². The quantitative estimate of drug-likeness (QED) is 0.748. The van der Waals surface area contributed by atoms with E-state index in [9.17, 15) is 8.42 Å². The lowest BCUT2D eigenvalue weighted by atomic mass is 10.1. The molecular weight excluding hydrogens is 374 g/mol. The van der Waals surface area contributed by atoms with Crippen molar-refractivity contribution in [1.82, 2.24) is 0 Å². The lowest BCUT2D eigenvalue weighted by molar-refractivity contribution is 0.601. The van der Waals surface area contributed by atoms with E-state index in [4.69, 9.17) is 15.8 Å². The van der Waals surface area contributed by atoms with E-state index >= 15 is 0 Å². The fraction of sp³-hybridized carbons (Fsp3) is 0.150. The van der Waals surface area contributed by atoms with E-state index in [1.54, 1.807) is 18.2 Å². The molecule has 0 aromatic heterocycles. The zero-order valence-electron chi connectivity index (χ0n) is 15.5. The van der Waals surface area contributed by atoms with Crippen LogP contribution in [-0.4, -0.2) is 8.42 Å². The summed E-state index contributed by atoms with van der Waals surface area (Å²) in [5.41, 5.74) is 3.04. The Morgan fingerprint density at radius 2 is 1.43 bits per heavy atom. The van der Waals surface area contributed by atoms with Crippen LogP contribution in [0.25, 0.3) is 0 Å². The topological polar surface area (TPSA) is 130 Å². The van der Waals surface area contributed by atoms with Crippen LogP contribution in [0.5, 0.6) is 0 Å². The minimum absolute atomic E-state index is 0.0423. The molecule has 0 spiro atoms. The van der Waals surface area contributed by atoms with Crippen molar-refractivity contribution in [2.45, 2.75) is 25.7 Å². The number of sulfonamides is 1. The van der Waals surface area contributed by atoms with Gasteiger partial charge in [0.25, 0.3) is 10.0 Å². The van der Waals surface area contributed by atoms with Gasteiger partial charge in [0.15, 0.2) is 5.57 Å². The maximum atomic E-state index is 12.7. The van der Waals surface area contributed by atoms with Crippen LogP contribution in [-0.2, 0) is 10.0 Å². The van der Waals surface area contributed by atoms with Gasteiger partial charge in [0.05, 0.1) is 10.6 Å². The van der Waals surface area contributed by atoms with Gasteiger partial charge in [-0.2, -0.15) is 15.8 Å². The molecule has 0 saturated carbocycles. The predicted molar refractivity (Wildman–Crippen MR) is 105 cm³/mol. The fourth-order valence-corrected chi connectivity index (χ4v) is 3.88. The first-order chi connectivity index (χ1) is 13.2. The van der Waals surface area contributed by atoms with Crippen molar-refractivity contribution in [2.75, 3.05) is 10.0 Å². The van der Waals surface area contributed by atoms with Crippen LogP contribution in [0.3, 0.4) is 0 Å². The molecule has 7 nitrogen and oxygen atoms in total. The van der Waals surface area contributed by atoms with Crippen LogP contribution in [0, 0.1) is 54.8 Å². The molecule has 0 radical (unpaired) electrons. The Morgan fingerprint density at radius 3 is 1.89 bits per heavy atom. The number of nitrogens with one attached hydrogen (secondary N) is 2. The van der Waals surface area contributed by atoms with Gasteiger partial charge in [0, 0.05) is 5.69 Å². The van der Waals surface area contributed by atoms with Crippen LogP contribution in [0.1, 0.15) is 16.7 Å². The standard InChI is InChI=1S/C20H17N5O2S/c1-13-8-14(2)20(15(3)9-13)25-28(26,27)18-6-4-17(5-7-18)24-19(12-23)16(10-21)11-22/h4-9,24-25H,1-3H3. The van der Waals surface area contributed by atoms with E-state index in [0.29, 0.717) is 11.4 Å². The predicted octanol–water partition coefficient (Wildman–Crippen LogP) is 3.65. The largest absolute Gasteiger partial charge is 0.345 e. The number of aryl methyl sites for hydroxylation is 3. The number of nitrogens with zero attached hydrogens (tertiary/aromatic N) is 3. The maximum absolute atomic E-state index is 12.7. The third-order valence-electron chi connectivity index (χ3n) is 3.93. The molecule has 2 aromatic rings. The highest BCUT2D eigenvalue weighted by Gasteiger charge is 2.17. The minimum atomic E-state index is -3.81. The van der Waals surface area contributed by atoms with Gasteiger partial charge in [0.2, 0.25) is 0 Å². The highest BCUT2D eigenvalue weighted by molar-refractivity contribution is 7.92. The number of benzene rings is 2. The average molecular weight is 391 g/mol. The summed E-state index contributed by atoms with van der Waals surface area (Å²) in [6.07, 6.45) is 0. The van der Waals surface area contributed by atoms with Crippen molar-refractivity contribution in [2.24, 2.45) is 0 Å². The van der Waals surface area contributed by atoms with Crippen molar-refractivity contribution < 1.29 is 8.42 Å². The Labute approximate surface area is 164 Å². The average Bonchev–Trinajstić information content (AvgIpc) is 2.65. The molecule has 0 unspecified atom stereocenters. The Bertz CT molecular complexity index is 1140. The molecule has 8 heteroatoms. The summed E-state index contributed by atoms with van der Waals surface area (Å²) < 4.78 is 28.0. The second kappa shape index (κ2) is 8.26. The summed E-state index contributed by atoms with van der Waals surface area (Å²) in [5.74, 6) is 0. The Morgan fingerprint density at radius 1 is 0.893 bits per heavy atom. The summed E-state index contributed by atoms with van der Waals surface area (Å²) in [5, 5.41) is 29.4. The van der Waals surface area contributed by atoms with Gasteiger partial charge in [-0.1, -0.05) is 17.7 Å². The van der Waals surface area contributed by atoms with Gasteiger partial charge in [-0.25, -0.2) is 8.42 Å². The summed E-state index contributed by atoms with van der Waals surface area (Å²) >= 11 is 0. The molecule has 0 aliphatic heterocycles. The van der Waals surface area contributed by atoms with Crippen LogP contribution >= 0.6 is 0 Å².